The van der Waals surface area contributed by atoms with Gasteiger partial charge in [0.2, 0.25) is 12.0 Å². The molecule has 0 radical (unpaired) electrons. The molecule has 0 aliphatic rings. The lowest BCUT2D eigenvalue weighted by Gasteiger charge is -2.21. The molecule has 1 N–H and O–H groups in total. The zero-order valence-electron chi connectivity index (χ0n) is 16.5. The Morgan fingerprint density at radius 1 is 1.14 bits per heavy atom. The van der Waals surface area contributed by atoms with E-state index in [9.17, 15) is 14.4 Å². The van der Waals surface area contributed by atoms with Crippen molar-refractivity contribution in [3.8, 4) is 5.75 Å². The van der Waals surface area contributed by atoms with Gasteiger partial charge in [-0.3, -0.25) is 4.79 Å². The van der Waals surface area contributed by atoms with Crippen molar-refractivity contribution in [3.63, 3.8) is 0 Å². The summed E-state index contributed by atoms with van der Waals surface area (Å²) in [4.78, 5) is 36.2. The molecule has 2 atom stereocenters. The number of nitrogens with one attached hydrogen (secondary N) is 1. The first-order valence-electron chi connectivity index (χ1n) is 8.74. The number of allylic oxidation sites excluding steroid dienone is 2. The van der Waals surface area contributed by atoms with Crippen LogP contribution in [0.4, 0.5) is 0 Å². The van der Waals surface area contributed by atoms with Crippen molar-refractivity contribution in [2.24, 2.45) is 0 Å². The quantitative estimate of drug-likeness (QED) is 0.355. The fraction of sp³-hybridized carbons (Fsp3) is 0.350. The summed E-state index contributed by atoms with van der Waals surface area (Å²) in [7, 11) is 0. The van der Waals surface area contributed by atoms with Crippen LogP contribution in [0.2, 0.25) is 5.02 Å². The first kappa shape index (κ1) is 24.5. The fourth-order valence-corrected chi connectivity index (χ4v) is 2.43. The van der Waals surface area contributed by atoms with Gasteiger partial charge < -0.3 is 19.5 Å². The van der Waals surface area contributed by atoms with Crippen LogP contribution in [0, 0.1) is 0 Å². The van der Waals surface area contributed by atoms with Crippen LogP contribution in [0.3, 0.4) is 0 Å². The zero-order valence-corrected chi connectivity index (χ0v) is 18.0. The van der Waals surface area contributed by atoms with Crippen molar-refractivity contribution >= 4 is 41.0 Å². The van der Waals surface area contributed by atoms with Gasteiger partial charge in [-0.15, -0.1) is 0 Å². The van der Waals surface area contributed by atoms with E-state index in [-0.39, 0.29) is 18.1 Å². The lowest BCUT2D eigenvalue weighted by Crippen LogP contribution is -2.36. The number of alkyl halides is 1. The molecule has 9 heteroatoms. The maximum atomic E-state index is 12.4. The third-order valence-electron chi connectivity index (χ3n) is 3.44. The second kappa shape index (κ2) is 12.1. The number of halogens is 2. The molecule has 0 spiro atoms. The SMILES string of the molecule is CC=CC(NC(C)=O)=C(C)C(OC(=O)C(Cl)Oc1ccc(Cl)cc1)C(=O)OCC. The molecule has 0 aromatic heterocycles. The molecule has 29 heavy (non-hydrogen) atoms. The first-order chi connectivity index (χ1) is 13.7. The molecular weight excluding hydrogens is 421 g/mol. The molecule has 1 amide bonds. The topological polar surface area (TPSA) is 90.9 Å². The van der Waals surface area contributed by atoms with E-state index in [0.717, 1.165) is 0 Å². The fourth-order valence-electron chi connectivity index (χ4n) is 2.15. The Balaban J connectivity index is 3.07. The van der Waals surface area contributed by atoms with Gasteiger partial charge in [0.05, 0.1) is 6.61 Å². The molecule has 0 saturated carbocycles. The normalized spacial score (nSPS) is 13.9. The Morgan fingerprint density at radius 2 is 1.76 bits per heavy atom. The van der Waals surface area contributed by atoms with E-state index in [1.165, 1.54) is 26.0 Å². The first-order valence-corrected chi connectivity index (χ1v) is 9.55. The number of carbonyl (C=O) groups is 3. The summed E-state index contributed by atoms with van der Waals surface area (Å²) >= 11 is 11.8. The Morgan fingerprint density at radius 3 is 2.28 bits per heavy atom. The van der Waals surface area contributed by atoms with Gasteiger partial charge in [0, 0.05) is 23.2 Å². The molecule has 0 bridgehead atoms. The number of carbonyl (C=O) groups excluding carboxylic acids is 3. The summed E-state index contributed by atoms with van der Waals surface area (Å²) < 4.78 is 15.5. The number of hydrogen-bond donors (Lipinski definition) is 1. The molecule has 7 nitrogen and oxygen atoms in total. The summed E-state index contributed by atoms with van der Waals surface area (Å²) in [5, 5.41) is 3.07. The van der Waals surface area contributed by atoms with Gasteiger partial charge in [-0.1, -0.05) is 29.3 Å². The Hall–Kier alpha value is -2.51. The highest BCUT2D eigenvalue weighted by atomic mass is 35.5. The van der Waals surface area contributed by atoms with Crippen LogP contribution >= 0.6 is 23.2 Å². The maximum absolute atomic E-state index is 12.4. The second-order valence-corrected chi connectivity index (χ2v) is 6.57. The van der Waals surface area contributed by atoms with E-state index in [0.29, 0.717) is 16.5 Å². The molecule has 0 heterocycles. The molecule has 1 rings (SSSR count). The number of ether oxygens (including phenoxy) is 3. The van der Waals surface area contributed by atoms with E-state index in [1.54, 1.807) is 38.1 Å². The monoisotopic (exact) mass is 443 g/mol. The minimum absolute atomic E-state index is 0.0742. The van der Waals surface area contributed by atoms with Gasteiger partial charge in [0.15, 0.2) is 0 Å². The summed E-state index contributed by atoms with van der Waals surface area (Å²) in [6.07, 6.45) is 1.81. The Bertz CT molecular complexity index is 789. The number of hydrogen-bond acceptors (Lipinski definition) is 6. The van der Waals surface area contributed by atoms with Crippen molar-refractivity contribution in [2.45, 2.75) is 39.4 Å². The second-order valence-electron chi connectivity index (χ2n) is 5.73. The van der Waals surface area contributed by atoms with Crippen LogP contribution in [0.15, 0.2) is 47.7 Å². The molecule has 1 aromatic carbocycles. The molecule has 0 aliphatic carbocycles. The van der Waals surface area contributed by atoms with Gasteiger partial charge in [-0.2, -0.15) is 0 Å². The van der Waals surface area contributed by atoms with Crippen LogP contribution in [0.5, 0.6) is 5.75 Å². The smallest absolute Gasteiger partial charge is 0.364 e. The minimum atomic E-state index is -1.52. The summed E-state index contributed by atoms with van der Waals surface area (Å²) in [5.41, 5.74) is -0.956. The van der Waals surface area contributed by atoms with E-state index < -0.39 is 23.6 Å². The van der Waals surface area contributed by atoms with Crippen molar-refractivity contribution in [1.29, 1.82) is 0 Å². The van der Waals surface area contributed by atoms with E-state index in [4.69, 9.17) is 37.4 Å². The van der Waals surface area contributed by atoms with E-state index in [1.807, 2.05) is 0 Å². The standard InChI is InChI=1S/C20H23Cl2NO6/c1-5-7-16(23-13(4)24)12(3)17(19(25)27-6-2)29-20(26)18(22)28-15-10-8-14(21)9-11-15/h5,7-11,17-18H,6H2,1-4H3,(H,23,24). The third-order valence-corrected chi connectivity index (χ3v) is 3.95. The average Bonchev–Trinajstić information content (AvgIpc) is 2.66. The van der Waals surface area contributed by atoms with Crippen LogP contribution in [0.25, 0.3) is 0 Å². The van der Waals surface area contributed by atoms with Crippen LogP contribution in [-0.2, 0) is 23.9 Å². The molecule has 0 aliphatic heterocycles. The molecule has 0 fully saturated rings. The van der Waals surface area contributed by atoms with E-state index in [2.05, 4.69) is 5.32 Å². The van der Waals surface area contributed by atoms with Crippen molar-refractivity contribution in [1.82, 2.24) is 5.32 Å². The molecule has 0 saturated heterocycles. The molecule has 2 unspecified atom stereocenters. The Kier molecular flexibility index (Phi) is 10.3. The van der Waals surface area contributed by atoms with Gasteiger partial charge in [-0.25, -0.2) is 9.59 Å². The molecular formula is C20H23Cl2NO6. The zero-order chi connectivity index (χ0) is 22.0. The Labute approximate surface area is 179 Å². The van der Waals surface area contributed by atoms with Gasteiger partial charge >= 0.3 is 11.9 Å². The summed E-state index contributed by atoms with van der Waals surface area (Å²) in [5.74, 6) is -1.87. The van der Waals surface area contributed by atoms with Gasteiger partial charge in [0.25, 0.3) is 5.56 Å². The molecule has 158 valence electrons. The lowest BCUT2D eigenvalue weighted by atomic mass is 10.1. The van der Waals surface area contributed by atoms with Crippen LogP contribution < -0.4 is 10.1 Å². The van der Waals surface area contributed by atoms with Gasteiger partial charge in [-0.05, 0) is 51.1 Å². The highest BCUT2D eigenvalue weighted by Crippen LogP contribution is 2.20. The van der Waals surface area contributed by atoms with Crippen LogP contribution in [-0.4, -0.2) is 36.1 Å². The number of rotatable bonds is 9. The highest BCUT2D eigenvalue weighted by Gasteiger charge is 2.31. The maximum Gasteiger partial charge on any atom is 0.364 e. The van der Waals surface area contributed by atoms with Gasteiger partial charge in [0.1, 0.15) is 5.75 Å². The summed E-state index contributed by atoms with van der Waals surface area (Å²) in [6.45, 7) is 6.27. The number of benzene rings is 1. The average molecular weight is 444 g/mol. The lowest BCUT2D eigenvalue weighted by molar-refractivity contribution is -0.167. The minimum Gasteiger partial charge on any atom is -0.463 e. The van der Waals surface area contributed by atoms with Crippen molar-refractivity contribution < 1.29 is 28.6 Å². The van der Waals surface area contributed by atoms with Crippen LogP contribution in [0.1, 0.15) is 27.7 Å². The number of amides is 1. The molecule has 1 aromatic rings. The third kappa shape index (κ3) is 8.17. The summed E-state index contributed by atoms with van der Waals surface area (Å²) in [6, 6.07) is 6.19. The van der Waals surface area contributed by atoms with E-state index >= 15 is 0 Å². The van der Waals surface area contributed by atoms with Crippen molar-refractivity contribution in [2.75, 3.05) is 6.61 Å². The predicted octanol–water partition coefficient (Wildman–Crippen LogP) is 3.74. The van der Waals surface area contributed by atoms with Crippen molar-refractivity contribution in [3.05, 3.63) is 52.7 Å². The largest absolute Gasteiger partial charge is 0.463 e. The predicted molar refractivity (Wildman–Crippen MR) is 110 cm³/mol. The highest BCUT2D eigenvalue weighted by molar-refractivity contribution is 6.30. The number of esters is 2.